The first-order valence-electron chi connectivity index (χ1n) is 7.96. The van der Waals surface area contributed by atoms with Crippen LogP contribution in [0, 0.1) is 0 Å². The van der Waals surface area contributed by atoms with Gasteiger partial charge in [0.2, 0.25) is 5.91 Å². The standard InChI is InChI=1S/C19H22N2O3/c1-23-17-10-14-6-7-21(12-15(14)11-18(17)24-2)19(22)9-13-4-3-5-16(20)8-13/h3-5,8,10-11H,6-7,9,12,20H2,1-2H3. The van der Waals surface area contributed by atoms with Crippen LogP contribution in [0.4, 0.5) is 5.69 Å². The number of nitrogen functional groups attached to an aromatic ring is 1. The highest BCUT2D eigenvalue weighted by atomic mass is 16.5. The third-order valence-electron chi connectivity index (χ3n) is 4.38. The normalized spacial score (nSPS) is 13.3. The summed E-state index contributed by atoms with van der Waals surface area (Å²) in [7, 11) is 3.25. The number of nitrogens with two attached hydrogens (primary N) is 1. The van der Waals surface area contributed by atoms with Gasteiger partial charge in [0.25, 0.3) is 0 Å². The first kappa shape index (κ1) is 16.2. The van der Waals surface area contributed by atoms with E-state index in [0.29, 0.717) is 30.9 Å². The fraction of sp³-hybridized carbons (Fsp3) is 0.316. The van der Waals surface area contributed by atoms with Gasteiger partial charge in [-0.05, 0) is 47.4 Å². The van der Waals surface area contributed by atoms with Gasteiger partial charge < -0.3 is 20.1 Å². The zero-order valence-corrected chi connectivity index (χ0v) is 14.0. The zero-order valence-electron chi connectivity index (χ0n) is 14.0. The lowest BCUT2D eigenvalue weighted by atomic mass is 9.98. The minimum absolute atomic E-state index is 0.112. The molecule has 1 aliphatic heterocycles. The number of methoxy groups -OCH3 is 2. The third kappa shape index (κ3) is 3.30. The highest BCUT2D eigenvalue weighted by Crippen LogP contribution is 2.33. The molecule has 3 rings (SSSR count). The van der Waals surface area contributed by atoms with Crippen LogP contribution < -0.4 is 15.2 Å². The Labute approximate surface area is 142 Å². The molecule has 5 heteroatoms. The molecule has 0 radical (unpaired) electrons. The maximum Gasteiger partial charge on any atom is 0.227 e. The SMILES string of the molecule is COc1cc2c(cc1OC)CN(C(=O)Cc1cccc(N)c1)CC2. The third-order valence-corrected chi connectivity index (χ3v) is 4.38. The lowest BCUT2D eigenvalue weighted by Crippen LogP contribution is -2.37. The summed E-state index contributed by atoms with van der Waals surface area (Å²) < 4.78 is 10.7. The molecule has 1 amide bonds. The van der Waals surface area contributed by atoms with Gasteiger partial charge in [0, 0.05) is 18.8 Å². The number of anilines is 1. The fourth-order valence-corrected chi connectivity index (χ4v) is 3.09. The molecule has 1 aliphatic rings. The van der Waals surface area contributed by atoms with Crippen LogP contribution in [0.1, 0.15) is 16.7 Å². The van der Waals surface area contributed by atoms with Gasteiger partial charge in [-0.15, -0.1) is 0 Å². The minimum Gasteiger partial charge on any atom is -0.493 e. The Morgan fingerprint density at radius 3 is 2.50 bits per heavy atom. The molecule has 2 aromatic rings. The summed E-state index contributed by atoms with van der Waals surface area (Å²) in [5.41, 5.74) is 9.73. The number of hydrogen-bond acceptors (Lipinski definition) is 4. The van der Waals surface area contributed by atoms with E-state index in [1.54, 1.807) is 14.2 Å². The highest BCUT2D eigenvalue weighted by molar-refractivity contribution is 5.79. The van der Waals surface area contributed by atoms with Crippen molar-refractivity contribution in [3.05, 3.63) is 53.1 Å². The van der Waals surface area contributed by atoms with Crippen molar-refractivity contribution in [2.75, 3.05) is 26.5 Å². The van der Waals surface area contributed by atoms with Gasteiger partial charge in [0.15, 0.2) is 11.5 Å². The number of fused-ring (bicyclic) bond motifs is 1. The molecule has 0 fully saturated rings. The first-order valence-corrected chi connectivity index (χ1v) is 7.96. The predicted molar refractivity (Wildman–Crippen MR) is 93.2 cm³/mol. The summed E-state index contributed by atoms with van der Waals surface area (Å²) in [6.45, 7) is 1.31. The summed E-state index contributed by atoms with van der Waals surface area (Å²) in [6, 6.07) is 11.5. The van der Waals surface area contributed by atoms with Crippen LogP contribution in [0.3, 0.4) is 0 Å². The molecule has 1 heterocycles. The molecule has 126 valence electrons. The second-order valence-corrected chi connectivity index (χ2v) is 5.96. The van der Waals surface area contributed by atoms with E-state index in [2.05, 4.69) is 0 Å². The van der Waals surface area contributed by atoms with Gasteiger partial charge in [0.1, 0.15) is 0 Å². The van der Waals surface area contributed by atoms with E-state index in [1.165, 1.54) is 5.56 Å². The van der Waals surface area contributed by atoms with E-state index in [9.17, 15) is 4.79 Å². The van der Waals surface area contributed by atoms with Crippen LogP contribution in [0.25, 0.3) is 0 Å². The van der Waals surface area contributed by atoms with Crippen molar-refractivity contribution in [3.8, 4) is 11.5 Å². The second kappa shape index (κ2) is 6.83. The summed E-state index contributed by atoms with van der Waals surface area (Å²) >= 11 is 0. The van der Waals surface area contributed by atoms with E-state index in [1.807, 2.05) is 41.3 Å². The van der Waals surface area contributed by atoms with Crippen LogP contribution in [0.5, 0.6) is 11.5 Å². The molecule has 0 aliphatic carbocycles. The Morgan fingerprint density at radius 2 is 1.83 bits per heavy atom. The number of carbonyl (C=O) groups is 1. The molecule has 0 unspecified atom stereocenters. The minimum atomic E-state index is 0.112. The number of rotatable bonds is 4. The molecule has 0 spiro atoms. The van der Waals surface area contributed by atoms with Crippen molar-refractivity contribution in [1.82, 2.24) is 4.90 Å². The van der Waals surface area contributed by atoms with Crippen molar-refractivity contribution >= 4 is 11.6 Å². The molecule has 24 heavy (non-hydrogen) atoms. The Bertz CT molecular complexity index is 758. The average Bonchev–Trinajstić information content (AvgIpc) is 2.59. The van der Waals surface area contributed by atoms with Gasteiger partial charge >= 0.3 is 0 Å². The Balaban J connectivity index is 1.75. The molecule has 0 saturated heterocycles. The fourth-order valence-electron chi connectivity index (χ4n) is 3.09. The van der Waals surface area contributed by atoms with E-state index in [0.717, 1.165) is 23.3 Å². The molecule has 0 atom stereocenters. The second-order valence-electron chi connectivity index (χ2n) is 5.96. The first-order chi connectivity index (χ1) is 11.6. The van der Waals surface area contributed by atoms with Gasteiger partial charge in [-0.1, -0.05) is 12.1 Å². The maximum absolute atomic E-state index is 12.6. The van der Waals surface area contributed by atoms with E-state index in [4.69, 9.17) is 15.2 Å². The largest absolute Gasteiger partial charge is 0.493 e. The molecule has 0 bridgehead atoms. The van der Waals surface area contributed by atoms with Gasteiger partial charge in [0.05, 0.1) is 20.6 Å². The quantitative estimate of drug-likeness (QED) is 0.876. The lowest BCUT2D eigenvalue weighted by molar-refractivity contribution is -0.131. The summed E-state index contributed by atoms with van der Waals surface area (Å²) in [5, 5.41) is 0. The topological polar surface area (TPSA) is 64.8 Å². The van der Waals surface area contributed by atoms with Crippen molar-refractivity contribution in [2.24, 2.45) is 0 Å². The van der Waals surface area contributed by atoms with Gasteiger partial charge in [-0.2, -0.15) is 0 Å². The van der Waals surface area contributed by atoms with E-state index >= 15 is 0 Å². The van der Waals surface area contributed by atoms with Crippen molar-refractivity contribution in [3.63, 3.8) is 0 Å². The number of carbonyl (C=O) groups excluding carboxylic acids is 1. The Kier molecular flexibility index (Phi) is 4.60. The number of ether oxygens (including phenoxy) is 2. The van der Waals surface area contributed by atoms with Crippen LogP contribution in [0.2, 0.25) is 0 Å². The molecule has 2 aromatic carbocycles. The lowest BCUT2D eigenvalue weighted by Gasteiger charge is -2.29. The number of benzene rings is 2. The zero-order chi connectivity index (χ0) is 17.1. The van der Waals surface area contributed by atoms with Crippen LogP contribution in [-0.4, -0.2) is 31.6 Å². The van der Waals surface area contributed by atoms with Gasteiger partial charge in [-0.25, -0.2) is 0 Å². The molecular weight excluding hydrogens is 304 g/mol. The Morgan fingerprint density at radius 1 is 1.12 bits per heavy atom. The monoisotopic (exact) mass is 326 g/mol. The summed E-state index contributed by atoms with van der Waals surface area (Å²) in [5.74, 6) is 1.54. The summed E-state index contributed by atoms with van der Waals surface area (Å²) in [6.07, 6.45) is 1.19. The van der Waals surface area contributed by atoms with Crippen LogP contribution >= 0.6 is 0 Å². The number of hydrogen-bond donors (Lipinski definition) is 1. The Hall–Kier alpha value is -2.69. The summed E-state index contributed by atoms with van der Waals surface area (Å²) in [4.78, 5) is 14.5. The van der Waals surface area contributed by atoms with E-state index < -0.39 is 0 Å². The molecule has 5 nitrogen and oxygen atoms in total. The van der Waals surface area contributed by atoms with Crippen molar-refractivity contribution < 1.29 is 14.3 Å². The van der Waals surface area contributed by atoms with E-state index in [-0.39, 0.29) is 5.91 Å². The number of nitrogens with zero attached hydrogens (tertiary/aromatic N) is 1. The van der Waals surface area contributed by atoms with Crippen LogP contribution in [-0.2, 0) is 24.2 Å². The molecular formula is C19H22N2O3. The van der Waals surface area contributed by atoms with Crippen molar-refractivity contribution in [1.29, 1.82) is 0 Å². The maximum atomic E-state index is 12.6. The average molecular weight is 326 g/mol. The molecule has 0 aromatic heterocycles. The molecule has 2 N–H and O–H groups in total. The van der Waals surface area contributed by atoms with Crippen LogP contribution in [0.15, 0.2) is 36.4 Å². The molecule has 0 saturated carbocycles. The predicted octanol–water partition coefficient (Wildman–Crippen LogP) is 2.41. The smallest absolute Gasteiger partial charge is 0.227 e. The van der Waals surface area contributed by atoms with Gasteiger partial charge in [-0.3, -0.25) is 4.79 Å². The number of amides is 1. The van der Waals surface area contributed by atoms with Crippen molar-refractivity contribution in [2.45, 2.75) is 19.4 Å². The highest BCUT2D eigenvalue weighted by Gasteiger charge is 2.22.